The fourth-order valence-corrected chi connectivity index (χ4v) is 6.26. The van der Waals surface area contributed by atoms with E-state index in [4.69, 9.17) is 11.6 Å². The first kappa shape index (κ1) is 20.5. The Hall–Kier alpha value is -1.73. The minimum absolute atomic E-state index is 0.340. The van der Waals surface area contributed by atoms with E-state index in [1.165, 1.54) is 15.5 Å². The summed E-state index contributed by atoms with van der Waals surface area (Å²) < 4.78 is 28.0. The zero-order valence-corrected chi connectivity index (χ0v) is 18.6. The molecule has 1 N–H and O–H groups in total. The fraction of sp³-hybridized carbons (Fsp3) is 0.273. The number of fused-ring (bicyclic) bond motifs is 2. The zero-order chi connectivity index (χ0) is 20.4. The van der Waals surface area contributed by atoms with Gasteiger partial charge in [-0.3, -0.25) is 0 Å². The third kappa shape index (κ3) is 4.40. The zero-order valence-electron chi connectivity index (χ0n) is 16.2. The lowest BCUT2D eigenvalue weighted by Crippen LogP contribution is -2.32. The molecule has 0 saturated carbocycles. The molecular formula is C22H23ClN2O2S2. The molecule has 2 aliphatic rings. The molecule has 4 nitrogen and oxygen atoms in total. The lowest BCUT2D eigenvalue weighted by molar-refractivity contribution is 0.578. The van der Waals surface area contributed by atoms with E-state index in [0.717, 1.165) is 24.1 Å². The van der Waals surface area contributed by atoms with Crippen LogP contribution in [0.1, 0.15) is 24.8 Å². The lowest BCUT2D eigenvalue weighted by atomic mass is 10.1. The molecule has 4 rings (SSSR count). The van der Waals surface area contributed by atoms with Crippen LogP contribution in [0, 0.1) is 6.92 Å². The van der Waals surface area contributed by atoms with Crippen LogP contribution in [-0.4, -0.2) is 21.5 Å². The second-order valence-electron chi connectivity index (χ2n) is 7.12. The Labute approximate surface area is 181 Å². The first-order chi connectivity index (χ1) is 14.0. The second kappa shape index (κ2) is 8.56. The maximum Gasteiger partial charge on any atom is 0.240 e. The van der Waals surface area contributed by atoms with Gasteiger partial charge in [-0.05, 0) is 56.0 Å². The molecule has 152 valence electrons. The molecule has 0 saturated heterocycles. The van der Waals surface area contributed by atoms with E-state index < -0.39 is 10.0 Å². The largest absolute Gasteiger partial charge is 0.340 e. The first-order valence-electron chi connectivity index (χ1n) is 9.67. The number of benzene rings is 2. The number of allylic oxidation sites excluding steroid dienone is 2. The molecule has 0 amide bonds. The van der Waals surface area contributed by atoms with Gasteiger partial charge >= 0.3 is 0 Å². The van der Waals surface area contributed by atoms with Crippen LogP contribution in [0.5, 0.6) is 0 Å². The van der Waals surface area contributed by atoms with E-state index >= 15 is 0 Å². The standard InChI is InChI=1S/C22H23ClN2O2S2/c1-16-7-2-5-10-22(16)29(26,27)24-13-6-14-25-18-8-3-4-9-20(18)28-21-12-11-17(23)15-19(21)25/h2,5,7-12,15,24H,3-4,6,13-14H2,1H3. The number of hydrogen-bond donors (Lipinski definition) is 1. The summed E-state index contributed by atoms with van der Waals surface area (Å²) in [7, 11) is -3.50. The monoisotopic (exact) mass is 446 g/mol. The maximum absolute atomic E-state index is 12.6. The average Bonchev–Trinajstić information content (AvgIpc) is 2.71. The normalized spacial score (nSPS) is 16.0. The Bertz CT molecular complexity index is 1090. The van der Waals surface area contributed by atoms with E-state index in [1.807, 2.05) is 31.2 Å². The minimum Gasteiger partial charge on any atom is -0.340 e. The van der Waals surface area contributed by atoms with Crippen molar-refractivity contribution in [2.24, 2.45) is 0 Å². The smallest absolute Gasteiger partial charge is 0.240 e. The maximum atomic E-state index is 12.6. The molecule has 0 atom stereocenters. The third-order valence-electron chi connectivity index (χ3n) is 5.04. The quantitative estimate of drug-likeness (QED) is 0.596. The molecule has 0 aromatic heterocycles. The van der Waals surface area contributed by atoms with Gasteiger partial charge in [-0.15, -0.1) is 0 Å². The van der Waals surface area contributed by atoms with Crippen molar-refractivity contribution in [1.82, 2.24) is 4.72 Å². The number of hydrogen-bond acceptors (Lipinski definition) is 4. The van der Waals surface area contributed by atoms with Gasteiger partial charge in [-0.2, -0.15) is 0 Å². The van der Waals surface area contributed by atoms with Crippen molar-refractivity contribution < 1.29 is 8.42 Å². The molecule has 0 unspecified atom stereocenters. The summed E-state index contributed by atoms with van der Waals surface area (Å²) in [5, 5.41) is 0.707. The second-order valence-corrected chi connectivity index (χ2v) is 10.4. The first-order valence-corrected chi connectivity index (χ1v) is 12.3. The van der Waals surface area contributed by atoms with Gasteiger partial charge in [-0.25, -0.2) is 13.1 Å². The van der Waals surface area contributed by atoms with Crippen molar-refractivity contribution in [1.29, 1.82) is 0 Å². The summed E-state index contributed by atoms with van der Waals surface area (Å²) >= 11 is 8.04. The summed E-state index contributed by atoms with van der Waals surface area (Å²) in [6, 6.07) is 13.0. The molecule has 2 aromatic carbocycles. The number of anilines is 1. The Morgan fingerprint density at radius 1 is 1.14 bits per heavy atom. The Morgan fingerprint density at radius 2 is 1.93 bits per heavy atom. The van der Waals surface area contributed by atoms with Crippen LogP contribution in [0.4, 0.5) is 5.69 Å². The molecule has 1 aliphatic carbocycles. The van der Waals surface area contributed by atoms with Crippen molar-refractivity contribution in [3.8, 4) is 0 Å². The number of sulfonamides is 1. The van der Waals surface area contributed by atoms with Crippen LogP contribution in [0.3, 0.4) is 0 Å². The van der Waals surface area contributed by atoms with E-state index in [2.05, 4.69) is 27.8 Å². The molecule has 29 heavy (non-hydrogen) atoms. The van der Waals surface area contributed by atoms with Gasteiger partial charge in [0.15, 0.2) is 0 Å². The summed E-state index contributed by atoms with van der Waals surface area (Å²) in [5.74, 6) is 0. The van der Waals surface area contributed by atoms with Crippen LogP contribution in [-0.2, 0) is 10.0 Å². The predicted octanol–water partition coefficient (Wildman–Crippen LogP) is 5.49. The van der Waals surface area contributed by atoms with Gasteiger partial charge in [-0.1, -0.05) is 53.7 Å². The van der Waals surface area contributed by atoms with Gasteiger partial charge in [0, 0.05) is 27.9 Å². The van der Waals surface area contributed by atoms with Crippen LogP contribution >= 0.6 is 23.4 Å². The van der Waals surface area contributed by atoms with E-state index in [1.54, 1.807) is 23.9 Å². The van der Waals surface area contributed by atoms with E-state index in [0.29, 0.717) is 29.4 Å². The number of nitrogens with zero attached hydrogens (tertiary/aromatic N) is 1. The SMILES string of the molecule is Cc1ccccc1S(=O)(=O)NCCCN1C2=CCCC=C2Sc2ccc(Cl)cc21. The Balaban J connectivity index is 1.48. The summed E-state index contributed by atoms with van der Waals surface area (Å²) in [6.07, 6.45) is 7.31. The summed E-state index contributed by atoms with van der Waals surface area (Å²) in [5.41, 5.74) is 3.05. The van der Waals surface area contributed by atoms with Gasteiger partial charge < -0.3 is 4.90 Å². The van der Waals surface area contributed by atoms with Gasteiger partial charge in [0.25, 0.3) is 0 Å². The van der Waals surface area contributed by atoms with Gasteiger partial charge in [0.2, 0.25) is 10.0 Å². The molecule has 1 aliphatic heterocycles. The highest BCUT2D eigenvalue weighted by atomic mass is 35.5. The number of halogens is 1. The van der Waals surface area contributed by atoms with Gasteiger partial charge in [0.05, 0.1) is 16.3 Å². The van der Waals surface area contributed by atoms with Crippen LogP contribution < -0.4 is 9.62 Å². The number of thioether (sulfide) groups is 1. The average molecular weight is 447 g/mol. The molecule has 0 spiro atoms. The minimum atomic E-state index is -3.50. The topological polar surface area (TPSA) is 49.4 Å². The number of nitrogens with one attached hydrogen (secondary N) is 1. The summed E-state index contributed by atoms with van der Waals surface area (Å²) in [4.78, 5) is 5.06. The molecule has 0 fully saturated rings. The fourth-order valence-electron chi connectivity index (χ4n) is 3.63. The number of aryl methyl sites for hydroxylation is 1. The Morgan fingerprint density at radius 3 is 2.76 bits per heavy atom. The number of rotatable bonds is 6. The summed E-state index contributed by atoms with van der Waals surface area (Å²) in [6.45, 7) is 2.90. The molecule has 1 heterocycles. The molecule has 7 heteroatoms. The van der Waals surface area contributed by atoms with Gasteiger partial charge in [0.1, 0.15) is 0 Å². The molecule has 2 aromatic rings. The van der Waals surface area contributed by atoms with Crippen molar-refractivity contribution >= 4 is 39.1 Å². The lowest BCUT2D eigenvalue weighted by Gasteiger charge is -2.36. The molecule has 0 radical (unpaired) electrons. The van der Waals surface area contributed by atoms with E-state index in [-0.39, 0.29) is 0 Å². The van der Waals surface area contributed by atoms with Crippen molar-refractivity contribution in [2.75, 3.05) is 18.0 Å². The highest BCUT2D eigenvalue weighted by molar-refractivity contribution is 8.03. The predicted molar refractivity (Wildman–Crippen MR) is 121 cm³/mol. The molecule has 0 bridgehead atoms. The van der Waals surface area contributed by atoms with Crippen LogP contribution in [0.2, 0.25) is 5.02 Å². The highest BCUT2D eigenvalue weighted by Crippen LogP contribution is 2.48. The Kier molecular flexibility index (Phi) is 6.06. The van der Waals surface area contributed by atoms with Crippen LogP contribution in [0.25, 0.3) is 0 Å². The van der Waals surface area contributed by atoms with Crippen molar-refractivity contribution in [3.63, 3.8) is 0 Å². The molecular weight excluding hydrogens is 424 g/mol. The third-order valence-corrected chi connectivity index (χ3v) is 8.06. The van der Waals surface area contributed by atoms with Crippen molar-refractivity contribution in [2.45, 2.75) is 36.0 Å². The highest BCUT2D eigenvalue weighted by Gasteiger charge is 2.27. The van der Waals surface area contributed by atoms with E-state index in [9.17, 15) is 8.42 Å². The van der Waals surface area contributed by atoms with Crippen molar-refractivity contribution in [3.05, 3.63) is 75.8 Å². The van der Waals surface area contributed by atoms with Crippen LogP contribution in [0.15, 0.2) is 75.0 Å².